The second-order valence-electron chi connectivity index (χ2n) is 6.89. The van der Waals surface area contributed by atoms with Crippen LogP contribution >= 0.6 is 0 Å². The molecule has 2 fully saturated rings. The van der Waals surface area contributed by atoms with Crippen molar-refractivity contribution in [3.05, 3.63) is 42.0 Å². The fourth-order valence-electron chi connectivity index (χ4n) is 3.25. The second kappa shape index (κ2) is 4.93. The molecule has 2 aliphatic rings. The van der Waals surface area contributed by atoms with Crippen LogP contribution in [0.4, 0.5) is 5.69 Å². The van der Waals surface area contributed by atoms with Crippen LogP contribution in [0.5, 0.6) is 0 Å². The molecule has 122 valence electrons. The van der Waals surface area contributed by atoms with Crippen LogP contribution in [0, 0.1) is 5.92 Å². The Labute approximate surface area is 138 Å². The molecule has 0 saturated heterocycles. The minimum Gasteiger partial charge on any atom is -0.440 e. The van der Waals surface area contributed by atoms with E-state index in [0.717, 1.165) is 47.5 Å². The number of benzene rings is 1. The van der Waals surface area contributed by atoms with Crippen LogP contribution in [0.1, 0.15) is 42.6 Å². The summed E-state index contributed by atoms with van der Waals surface area (Å²) in [6, 6.07) is 5.66. The van der Waals surface area contributed by atoms with Crippen molar-refractivity contribution in [2.75, 3.05) is 5.32 Å². The van der Waals surface area contributed by atoms with E-state index in [0.29, 0.717) is 5.92 Å². The van der Waals surface area contributed by atoms with Gasteiger partial charge >= 0.3 is 0 Å². The first kappa shape index (κ1) is 13.8. The normalized spacial score (nSPS) is 22.7. The summed E-state index contributed by atoms with van der Waals surface area (Å²) in [6.07, 6.45) is 7.04. The molecule has 0 bridgehead atoms. The van der Waals surface area contributed by atoms with Crippen LogP contribution in [0.2, 0.25) is 0 Å². The lowest BCUT2D eigenvalue weighted by Gasteiger charge is -2.04. The Morgan fingerprint density at radius 2 is 2.25 bits per heavy atom. The predicted octanol–water partition coefficient (Wildman–Crippen LogP) is 3.18. The molecule has 1 aromatic carbocycles. The highest BCUT2D eigenvalue weighted by Gasteiger charge is 2.44. The lowest BCUT2D eigenvalue weighted by Crippen LogP contribution is -2.14. The van der Waals surface area contributed by atoms with E-state index in [1.54, 1.807) is 4.68 Å². The number of carbonyl (C=O) groups excluding carboxylic acids is 1. The molecule has 2 heterocycles. The van der Waals surface area contributed by atoms with Gasteiger partial charge in [-0.05, 0) is 48.9 Å². The molecule has 0 unspecified atom stereocenters. The molecule has 1 N–H and O–H groups in total. The third kappa shape index (κ3) is 2.38. The summed E-state index contributed by atoms with van der Waals surface area (Å²) in [7, 11) is 1.89. The number of anilines is 1. The van der Waals surface area contributed by atoms with Crippen LogP contribution in [0.3, 0.4) is 0 Å². The van der Waals surface area contributed by atoms with Gasteiger partial charge in [-0.3, -0.25) is 9.48 Å². The number of carbonyl (C=O) groups is 1. The molecule has 5 rings (SSSR count). The van der Waals surface area contributed by atoms with Crippen LogP contribution in [0.15, 0.2) is 35.0 Å². The van der Waals surface area contributed by atoms with Crippen molar-refractivity contribution in [3.63, 3.8) is 0 Å². The molecule has 1 amide bonds. The molecular formula is C18H18N4O2. The summed E-state index contributed by atoms with van der Waals surface area (Å²) in [4.78, 5) is 17.0. The number of amides is 1. The first-order valence-electron chi connectivity index (χ1n) is 8.37. The summed E-state index contributed by atoms with van der Waals surface area (Å²) in [5.74, 6) is 1.70. The van der Waals surface area contributed by atoms with Gasteiger partial charge in [0.1, 0.15) is 5.52 Å². The van der Waals surface area contributed by atoms with Crippen LogP contribution in [-0.4, -0.2) is 20.7 Å². The first-order chi connectivity index (χ1) is 11.7. The maximum absolute atomic E-state index is 12.4. The van der Waals surface area contributed by atoms with Crippen molar-refractivity contribution in [1.82, 2.24) is 14.8 Å². The van der Waals surface area contributed by atoms with E-state index >= 15 is 0 Å². The van der Waals surface area contributed by atoms with E-state index in [9.17, 15) is 4.79 Å². The largest absolute Gasteiger partial charge is 0.440 e. The van der Waals surface area contributed by atoms with Crippen molar-refractivity contribution < 1.29 is 9.21 Å². The fraction of sp³-hybridized carbons (Fsp3) is 0.389. The number of hydrogen-bond donors (Lipinski definition) is 1. The van der Waals surface area contributed by atoms with Crippen molar-refractivity contribution >= 4 is 22.7 Å². The Kier molecular flexibility index (Phi) is 2.83. The van der Waals surface area contributed by atoms with Gasteiger partial charge in [-0.2, -0.15) is 5.10 Å². The first-order valence-corrected chi connectivity index (χ1v) is 8.37. The van der Waals surface area contributed by atoms with Crippen LogP contribution in [0.25, 0.3) is 11.1 Å². The van der Waals surface area contributed by atoms with Crippen molar-refractivity contribution in [2.24, 2.45) is 13.0 Å². The Morgan fingerprint density at radius 3 is 3.00 bits per heavy atom. The molecule has 0 aliphatic heterocycles. The molecule has 6 heteroatoms. The molecule has 2 saturated carbocycles. The number of aryl methyl sites for hydroxylation is 1. The molecule has 0 radical (unpaired) electrons. The molecule has 6 nitrogen and oxygen atoms in total. The highest BCUT2D eigenvalue weighted by atomic mass is 16.3. The van der Waals surface area contributed by atoms with E-state index in [2.05, 4.69) is 15.4 Å². The maximum atomic E-state index is 12.4. The molecule has 2 aliphatic carbocycles. The van der Waals surface area contributed by atoms with Gasteiger partial charge in [0.25, 0.3) is 0 Å². The third-order valence-corrected chi connectivity index (χ3v) is 4.88. The summed E-state index contributed by atoms with van der Waals surface area (Å²) >= 11 is 0. The Hall–Kier alpha value is -2.63. The van der Waals surface area contributed by atoms with Gasteiger partial charge in [-0.25, -0.2) is 4.98 Å². The Balaban J connectivity index is 1.30. The van der Waals surface area contributed by atoms with Gasteiger partial charge in [0.2, 0.25) is 5.91 Å². The van der Waals surface area contributed by atoms with Crippen LogP contribution < -0.4 is 5.32 Å². The van der Waals surface area contributed by atoms with E-state index in [1.165, 1.54) is 0 Å². The molecule has 0 spiro atoms. The second-order valence-corrected chi connectivity index (χ2v) is 6.89. The average molecular weight is 322 g/mol. The zero-order valence-corrected chi connectivity index (χ0v) is 13.4. The minimum absolute atomic E-state index is 0.0317. The van der Waals surface area contributed by atoms with E-state index in [-0.39, 0.29) is 17.7 Å². The Bertz CT molecular complexity index is 938. The van der Waals surface area contributed by atoms with E-state index < -0.39 is 0 Å². The lowest BCUT2D eigenvalue weighted by molar-refractivity contribution is -0.117. The number of oxazole rings is 1. The maximum Gasteiger partial charge on any atom is 0.228 e. The monoisotopic (exact) mass is 322 g/mol. The molecule has 3 aromatic rings. The quantitative estimate of drug-likeness (QED) is 0.800. The summed E-state index contributed by atoms with van der Waals surface area (Å²) in [5.41, 5.74) is 3.52. The number of nitrogens with zero attached hydrogens (tertiary/aromatic N) is 3. The van der Waals surface area contributed by atoms with Gasteiger partial charge in [-0.15, -0.1) is 0 Å². The van der Waals surface area contributed by atoms with Gasteiger partial charge in [0, 0.05) is 30.8 Å². The van der Waals surface area contributed by atoms with Gasteiger partial charge in [0.15, 0.2) is 11.5 Å². The lowest BCUT2D eigenvalue weighted by atomic mass is 10.2. The van der Waals surface area contributed by atoms with E-state index in [1.807, 2.05) is 37.6 Å². The summed E-state index contributed by atoms with van der Waals surface area (Å²) in [5, 5.41) is 7.19. The number of hydrogen-bond acceptors (Lipinski definition) is 4. The zero-order valence-electron chi connectivity index (χ0n) is 13.4. The number of nitrogens with one attached hydrogen (secondary N) is 1. The average Bonchev–Trinajstić information content (AvgIpc) is 3.48. The van der Waals surface area contributed by atoms with Gasteiger partial charge in [-0.1, -0.05) is 0 Å². The van der Waals surface area contributed by atoms with Crippen molar-refractivity contribution in [1.29, 1.82) is 0 Å². The standard InChI is InChI=1S/C18H18N4O2/c1-22-9-11(8-19-22)13-7-14(13)17(23)20-12-4-5-16-15(6-12)21-18(24-16)10-2-3-10/h4-6,8-10,13-14H,2-3,7H2,1H3,(H,20,23)/t13-,14-/m0/s1. The minimum atomic E-state index is 0.0317. The number of fused-ring (bicyclic) bond motifs is 1. The number of aromatic nitrogens is 3. The van der Waals surface area contributed by atoms with Crippen molar-refractivity contribution in [2.45, 2.75) is 31.1 Å². The fourth-order valence-corrected chi connectivity index (χ4v) is 3.25. The highest BCUT2D eigenvalue weighted by molar-refractivity contribution is 5.96. The highest BCUT2D eigenvalue weighted by Crippen LogP contribution is 2.48. The topological polar surface area (TPSA) is 73.0 Å². The summed E-state index contributed by atoms with van der Waals surface area (Å²) in [6.45, 7) is 0. The zero-order chi connectivity index (χ0) is 16.3. The SMILES string of the molecule is Cn1cc([C@@H]2C[C@@H]2C(=O)Nc2ccc3oc(C4CC4)nc3c2)cn1. The molecule has 24 heavy (non-hydrogen) atoms. The van der Waals surface area contributed by atoms with Crippen molar-refractivity contribution in [3.8, 4) is 0 Å². The number of rotatable bonds is 4. The van der Waals surface area contributed by atoms with Gasteiger partial charge in [0.05, 0.1) is 6.20 Å². The summed E-state index contributed by atoms with van der Waals surface area (Å²) < 4.78 is 7.53. The predicted molar refractivity (Wildman–Crippen MR) is 88.7 cm³/mol. The molecule has 2 aromatic heterocycles. The van der Waals surface area contributed by atoms with Gasteiger partial charge < -0.3 is 9.73 Å². The Morgan fingerprint density at radius 1 is 1.38 bits per heavy atom. The smallest absolute Gasteiger partial charge is 0.228 e. The third-order valence-electron chi connectivity index (χ3n) is 4.88. The molecule has 2 atom stereocenters. The van der Waals surface area contributed by atoms with E-state index in [4.69, 9.17) is 4.42 Å². The van der Waals surface area contributed by atoms with Crippen LogP contribution in [-0.2, 0) is 11.8 Å². The molecular weight excluding hydrogens is 304 g/mol.